The SMILES string of the molecule is CN(CC(=O)N1CCNCC1)C(=O)Cc1cccnc1. The van der Waals surface area contributed by atoms with E-state index < -0.39 is 0 Å². The minimum Gasteiger partial charge on any atom is -0.339 e. The van der Waals surface area contributed by atoms with Gasteiger partial charge in [-0.2, -0.15) is 0 Å². The van der Waals surface area contributed by atoms with Crippen LogP contribution >= 0.6 is 0 Å². The second-order valence-electron chi connectivity index (χ2n) is 4.92. The summed E-state index contributed by atoms with van der Waals surface area (Å²) >= 11 is 0. The number of carbonyl (C=O) groups is 2. The largest absolute Gasteiger partial charge is 0.339 e. The van der Waals surface area contributed by atoms with Gasteiger partial charge in [0.15, 0.2) is 0 Å². The molecule has 0 bridgehead atoms. The smallest absolute Gasteiger partial charge is 0.242 e. The maximum Gasteiger partial charge on any atom is 0.242 e. The zero-order chi connectivity index (χ0) is 14.4. The highest BCUT2D eigenvalue weighted by Gasteiger charge is 2.19. The van der Waals surface area contributed by atoms with Crippen molar-refractivity contribution in [1.82, 2.24) is 20.1 Å². The van der Waals surface area contributed by atoms with E-state index in [1.54, 1.807) is 30.4 Å². The number of piperazine rings is 1. The number of nitrogens with zero attached hydrogens (tertiary/aromatic N) is 3. The third kappa shape index (κ3) is 4.03. The fraction of sp³-hybridized carbons (Fsp3) is 0.500. The quantitative estimate of drug-likeness (QED) is 0.806. The van der Waals surface area contributed by atoms with Crippen molar-refractivity contribution < 1.29 is 9.59 Å². The molecular weight excluding hydrogens is 256 g/mol. The molecule has 0 spiro atoms. The molecule has 0 unspecified atom stereocenters. The van der Waals surface area contributed by atoms with Crippen molar-refractivity contribution in [1.29, 1.82) is 0 Å². The van der Waals surface area contributed by atoms with Crippen molar-refractivity contribution in [3.05, 3.63) is 30.1 Å². The first-order valence-electron chi connectivity index (χ1n) is 6.78. The zero-order valence-electron chi connectivity index (χ0n) is 11.7. The summed E-state index contributed by atoms with van der Waals surface area (Å²) in [7, 11) is 1.67. The van der Waals surface area contributed by atoms with Crippen LogP contribution in [0.4, 0.5) is 0 Å². The van der Waals surface area contributed by atoms with E-state index in [1.807, 2.05) is 6.07 Å². The highest BCUT2D eigenvalue weighted by Crippen LogP contribution is 2.01. The molecule has 0 atom stereocenters. The number of pyridine rings is 1. The highest BCUT2D eigenvalue weighted by atomic mass is 16.2. The van der Waals surface area contributed by atoms with E-state index in [9.17, 15) is 9.59 Å². The standard InChI is InChI=1S/C14H20N4O2/c1-17(11-14(20)18-7-5-15-6-8-18)13(19)9-12-3-2-4-16-10-12/h2-4,10,15H,5-9,11H2,1H3. The topological polar surface area (TPSA) is 65.5 Å². The Labute approximate surface area is 118 Å². The van der Waals surface area contributed by atoms with Gasteiger partial charge >= 0.3 is 0 Å². The molecule has 0 saturated carbocycles. The van der Waals surface area contributed by atoms with Crippen molar-refractivity contribution in [2.24, 2.45) is 0 Å². The van der Waals surface area contributed by atoms with Crippen LogP contribution in [-0.4, -0.2) is 66.4 Å². The van der Waals surface area contributed by atoms with E-state index in [2.05, 4.69) is 10.3 Å². The number of hydrogen-bond acceptors (Lipinski definition) is 4. The number of likely N-dealkylation sites (N-methyl/N-ethyl adjacent to an activating group) is 1. The minimum absolute atomic E-state index is 0.00790. The molecule has 20 heavy (non-hydrogen) atoms. The highest BCUT2D eigenvalue weighted by molar-refractivity contribution is 5.85. The van der Waals surface area contributed by atoms with Gasteiger partial charge in [-0.25, -0.2) is 0 Å². The first kappa shape index (κ1) is 14.5. The summed E-state index contributed by atoms with van der Waals surface area (Å²) in [6.45, 7) is 3.20. The molecule has 6 nitrogen and oxygen atoms in total. The van der Waals surface area contributed by atoms with Gasteiger partial charge in [-0.1, -0.05) is 6.07 Å². The number of nitrogens with one attached hydrogen (secondary N) is 1. The number of hydrogen-bond donors (Lipinski definition) is 1. The molecular formula is C14H20N4O2. The molecule has 2 rings (SSSR count). The second kappa shape index (κ2) is 7.00. The van der Waals surface area contributed by atoms with Gasteiger partial charge in [0.25, 0.3) is 0 Å². The van der Waals surface area contributed by atoms with Gasteiger partial charge in [0.2, 0.25) is 11.8 Å². The number of aromatic nitrogens is 1. The Bertz CT molecular complexity index is 458. The molecule has 2 amide bonds. The lowest BCUT2D eigenvalue weighted by Crippen LogP contribution is -2.49. The molecule has 1 fully saturated rings. The first-order valence-corrected chi connectivity index (χ1v) is 6.78. The summed E-state index contributed by atoms with van der Waals surface area (Å²) in [5.41, 5.74) is 0.860. The van der Waals surface area contributed by atoms with Crippen LogP contribution in [0.5, 0.6) is 0 Å². The van der Waals surface area contributed by atoms with E-state index >= 15 is 0 Å². The summed E-state index contributed by atoms with van der Waals surface area (Å²) in [5.74, 6) is -0.0602. The Balaban J connectivity index is 1.82. The van der Waals surface area contributed by atoms with E-state index in [4.69, 9.17) is 0 Å². The maximum atomic E-state index is 12.1. The molecule has 0 aromatic carbocycles. The third-order valence-corrected chi connectivity index (χ3v) is 3.35. The molecule has 1 aromatic heterocycles. The Kier molecular flexibility index (Phi) is 5.06. The Morgan fingerprint density at radius 2 is 2.15 bits per heavy atom. The van der Waals surface area contributed by atoms with Crippen LogP contribution in [0, 0.1) is 0 Å². The summed E-state index contributed by atoms with van der Waals surface area (Å²) in [4.78, 5) is 31.4. The molecule has 1 N–H and O–H groups in total. The van der Waals surface area contributed by atoms with Crippen LogP contribution in [0.2, 0.25) is 0 Å². The van der Waals surface area contributed by atoms with Gasteiger partial charge in [0.05, 0.1) is 13.0 Å². The van der Waals surface area contributed by atoms with Crippen molar-refractivity contribution in [2.75, 3.05) is 39.8 Å². The maximum absolute atomic E-state index is 12.1. The number of rotatable bonds is 4. The lowest BCUT2D eigenvalue weighted by atomic mass is 10.2. The number of amides is 2. The lowest BCUT2D eigenvalue weighted by Gasteiger charge is -2.29. The average Bonchev–Trinajstić information content (AvgIpc) is 2.49. The van der Waals surface area contributed by atoms with Gasteiger partial charge in [0, 0.05) is 45.6 Å². The van der Waals surface area contributed by atoms with Crippen LogP contribution in [0.15, 0.2) is 24.5 Å². The summed E-state index contributed by atoms with van der Waals surface area (Å²) in [6.07, 6.45) is 3.62. The summed E-state index contributed by atoms with van der Waals surface area (Å²) < 4.78 is 0. The minimum atomic E-state index is -0.0681. The third-order valence-electron chi connectivity index (χ3n) is 3.35. The molecule has 1 aliphatic rings. The predicted octanol–water partition coefficient (Wildman–Crippen LogP) is -0.486. The van der Waals surface area contributed by atoms with Crippen molar-refractivity contribution in [3.8, 4) is 0 Å². The zero-order valence-corrected chi connectivity index (χ0v) is 11.7. The molecule has 1 aromatic rings. The van der Waals surface area contributed by atoms with E-state index in [0.29, 0.717) is 13.1 Å². The van der Waals surface area contributed by atoms with Crippen LogP contribution in [0.3, 0.4) is 0 Å². The van der Waals surface area contributed by atoms with E-state index in [0.717, 1.165) is 18.7 Å². The normalized spacial score (nSPS) is 14.9. The first-order chi connectivity index (χ1) is 9.66. The van der Waals surface area contributed by atoms with Crippen LogP contribution < -0.4 is 5.32 Å². The van der Waals surface area contributed by atoms with E-state index in [-0.39, 0.29) is 24.8 Å². The summed E-state index contributed by atoms with van der Waals surface area (Å²) in [5, 5.41) is 3.20. The molecule has 0 aliphatic carbocycles. The molecule has 108 valence electrons. The molecule has 1 saturated heterocycles. The monoisotopic (exact) mass is 276 g/mol. The molecule has 1 aliphatic heterocycles. The summed E-state index contributed by atoms with van der Waals surface area (Å²) in [6, 6.07) is 3.66. The molecule has 0 radical (unpaired) electrons. The van der Waals surface area contributed by atoms with Crippen molar-refractivity contribution >= 4 is 11.8 Å². The van der Waals surface area contributed by atoms with Crippen LogP contribution in [-0.2, 0) is 16.0 Å². The fourth-order valence-corrected chi connectivity index (χ4v) is 2.12. The van der Waals surface area contributed by atoms with E-state index in [1.165, 1.54) is 4.90 Å². The Morgan fingerprint density at radius 1 is 1.40 bits per heavy atom. The Morgan fingerprint density at radius 3 is 2.80 bits per heavy atom. The van der Waals surface area contributed by atoms with Gasteiger partial charge in [0.1, 0.15) is 0 Å². The second-order valence-corrected chi connectivity index (χ2v) is 4.92. The van der Waals surface area contributed by atoms with Crippen molar-refractivity contribution in [3.63, 3.8) is 0 Å². The predicted molar refractivity (Wildman–Crippen MR) is 75.0 cm³/mol. The van der Waals surface area contributed by atoms with Gasteiger partial charge in [-0.15, -0.1) is 0 Å². The lowest BCUT2D eigenvalue weighted by molar-refractivity contribution is -0.139. The number of carbonyl (C=O) groups excluding carboxylic acids is 2. The Hall–Kier alpha value is -1.95. The molecule has 2 heterocycles. The fourth-order valence-electron chi connectivity index (χ4n) is 2.12. The van der Waals surface area contributed by atoms with Gasteiger partial charge < -0.3 is 15.1 Å². The average molecular weight is 276 g/mol. The van der Waals surface area contributed by atoms with Gasteiger partial charge in [-0.05, 0) is 11.6 Å². The van der Waals surface area contributed by atoms with Crippen molar-refractivity contribution in [2.45, 2.75) is 6.42 Å². The molecule has 6 heteroatoms. The van der Waals surface area contributed by atoms with Crippen LogP contribution in [0.1, 0.15) is 5.56 Å². The van der Waals surface area contributed by atoms with Crippen LogP contribution in [0.25, 0.3) is 0 Å². The van der Waals surface area contributed by atoms with Gasteiger partial charge in [-0.3, -0.25) is 14.6 Å².